The Bertz CT molecular complexity index is 1410. The second-order valence-corrected chi connectivity index (χ2v) is 10.1. The second kappa shape index (κ2) is 9.46. The summed E-state index contributed by atoms with van der Waals surface area (Å²) in [6, 6.07) is 8.10. The second-order valence-electron chi connectivity index (χ2n) is 8.52. The first-order valence-corrected chi connectivity index (χ1v) is 12.3. The van der Waals surface area contributed by atoms with Crippen LogP contribution in [0.3, 0.4) is 0 Å². The summed E-state index contributed by atoms with van der Waals surface area (Å²) in [5.41, 5.74) is 0.900. The van der Waals surface area contributed by atoms with E-state index in [1.165, 1.54) is 6.07 Å². The highest BCUT2D eigenvalue weighted by Crippen LogP contribution is 2.30. The maximum Gasteiger partial charge on any atom is 0.287 e. The molecule has 0 aliphatic carbocycles. The van der Waals surface area contributed by atoms with Gasteiger partial charge in [-0.3, -0.25) is 9.59 Å². The molecule has 1 aromatic carbocycles. The van der Waals surface area contributed by atoms with E-state index in [-0.39, 0.29) is 11.2 Å². The van der Waals surface area contributed by atoms with Crippen LogP contribution in [0.1, 0.15) is 37.2 Å². The molecule has 1 saturated heterocycles. The van der Waals surface area contributed by atoms with Gasteiger partial charge in [0.2, 0.25) is 0 Å². The molecule has 176 valence electrons. The van der Waals surface area contributed by atoms with E-state index in [1.807, 2.05) is 0 Å². The number of benzene rings is 1. The molecule has 9 nitrogen and oxygen atoms in total. The highest BCUT2D eigenvalue weighted by atomic mass is 32.2. The molecule has 0 spiro atoms. The molecule has 1 aliphatic rings. The maximum absolute atomic E-state index is 12.6. The fourth-order valence-electron chi connectivity index (χ4n) is 4.10. The number of aromatic nitrogens is 4. The highest BCUT2D eigenvalue weighted by molar-refractivity contribution is 7.99. The Kier molecular flexibility index (Phi) is 6.23. The van der Waals surface area contributed by atoms with E-state index in [0.29, 0.717) is 29.3 Å². The van der Waals surface area contributed by atoms with Gasteiger partial charge >= 0.3 is 0 Å². The number of hydrogen-bond donors (Lipinski definition) is 1. The van der Waals surface area contributed by atoms with Crippen LogP contribution in [0, 0.1) is 0 Å². The van der Waals surface area contributed by atoms with Crippen LogP contribution in [0.4, 0.5) is 5.82 Å². The van der Waals surface area contributed by atoms with Crippen molar-refractivity contribution in [3.8, 4) is 0 Å². The molecular formula is C24H26N6O3S. The van der Waals surface area contributed by atoms with Gasteiger partial charge in [-0.05, 0) is 25.0 Å². The van der Waals surface area contributed by atoms with Crippen molar-refractivity contribution < 1.29 is 9.21 Å². The van der Waals surface area contributed by atoms with Crippen LogP contribution < -0.4 is 15.6 Å². The number of nitrogens with zero attached hydrogens (tertiary/aromatic N) is 5. The molecule has 1 aliphatic heterocycles. The lowest BCUT2D eigenvalue weighted by Gasteiger charge is -2.18. The Morgan fingerprint density at radius 1 is 1.18 bits per heavy atom. The van der Waals surface area contributed by atoms with Crippen LogP contribution in [0.5, 0.6) is 0 Å². The lowest BCUT2D eigenvalue weighted by atomic mass is 10.2. The minimum atomic E-state index is -0.442. The zero-order chi connectivity index (χ0) is 23.7. The average Bonchev–Trinajstić information content (AvgIpc) is 3.49. The van der Waals surface area contributed by atoms with Gasteiger partial charge in [0, 0.05) is 31.0 Å². The predicted molar refractivity (Wildman–Crippen MR) is 133 cm³/mol. The molecule has 1 N–H and O–H groups in total. The van der Waals surface area contributed by atoms with Crippen molar-refractivity contribution in [1.29, 1.82) is 0 Å². The van der Waals surface area contributed by atoms with Gasteiger partial charge in [-0.2, -0.15) is 5.10 Å². The van der Waals surface area contributed by atoms with E-state index in [2.05, 4.69) is 29.2 Å². The Hall–Kier alpha value is -3.40. The molecule has 0 atom stereocenters. The molecule has 5 rings (SSSR count). The van der Waals surface area contributed by atoms with Gasteiger partial charge in [-0.15, -0.1) is 0 Å². The first-order valence-electron chi connectivity index (χ1n) is 11.5. The van der Waals surface area contributed by atoms with Gasteiger partial charge in [0.15, 0.2) is 22.0 Å². The number of nitrogens with one attached hydrogen (secondary N) is 1. The summed E-state index contributed by atoms with van der Waals surface area (Å²) in [5, 5.41) is 9.80. The van der Waals surface area contributed by atoms with Crippen LogP contribution in [-0.2, 0) is 6.54 Å². The van der Waals surface area contributed by atoms with Crippen LogP contribution in [0.2, 0.25) is 0 Å². The van der Waals surface area contributed by atoms with Crippen molar-refractivity contribution in [3.05, 3.63) is 52.5 Å². The van der Waals surface area contributed by atoms with E-state index in [0.717, 1.165) is 47.9 Å². The van der Waals surface area contributed by atoms with Crippen molar-refractivity contribution in [1.82, 2.24) is 25.1 Å². The van der Waals surface area contributed by atoms with Gasteiger partial charge < -0.3 is 14.6 Å². The van der Waals surface area contributed by atoms with Gasteiger partial charge in [-0.25, -0.2) is 14.6 Å². The summed E-state index contributed by atoms with van der Waals surface area (Å²) < 4.78 is 7.41. The molecular weight excluding hydrogens is 452 g/mol. The van der Waals surface area contributed by atoms with Crippen LogP contribution in [0.25, 0.3) is 22.0 Å². The summed E-state index contributed by atoms with van der Waals surface area (Å²) in [5.74, 6) is 0.477. The number of thioether (sulfide) groups is 1. The maximum atomic E-state index is 12.6. The Morgan fingerprint density at radius 3 is 2.76 bits per heavy atom. The largest absolute Gasteiger partial charge is 0.451 e. The van der Waals surface area contributed by atoms with Gasteiger partial charge in [0.25, 0.3) is 5.91 Å². The lowest BCUT2D eigenvalue weighted by molar-refractivity contribution is 0.0925. The lowest BCUT2D eigenvalue weighted by Crippen LogP contribution is -2.28. The summed E-state index contributed by atoms with van der Waals surface area (Å²) >= 11 is 1.62. The topological polar surface area (TPSA) is 106 Å². The zero-order valence-corrected chi connectivity index (χ0v) is 20.0. The van der Waals surface area contributed by atoms with E-state index >= 15 is 0 Å². The summed E-state index contributed by atoms with van der Waals surface area (Å²) in [4.78, 5) is 36.8. The van der Waals surface area contributed by atoms with E-state index in [1.54, 1.807) is 46.9 Å². The van der Waals surface area contributed by atoms with Gasteiger partial charge in [0.1, 0.15) is 11.4 Å². The predicted octanol–water partition coefficient (Wildman–Crippen LogP) is 3.46. The third kappa shape index (κ3) is 4.50. The normalized spacial score (nSPS) is 13.9. The number of rotatable bonds is 7. The van der Waals surface area contributed by atoms with Crippen LogP contribution in [-0.4, -0.2) is 50.5 Å². The van der Waals surface area contributed by atoms with Crippen molar-refractivity contribution in [2.24, 2.45) is 0 Å². The first-order chi connectivity index (χ1) is 16.5. The quantitative estimate of drug-likeness (QED) is 0.318. The molecule has 4 aromatic rings. The molecule has 34 heavy (non-hydrogen) atoms. The summed E-state index contributed by atoms with van der Waals surface area (Å²) in [7, 11) is 0. The SMILES string of the molecule is CC(C)Sc1nc(N2CCCC2)c2cnn(CCNC(=O)c3cc(=O)c4ccccc4o3)c2n1. The third-order valence-corrected chi connectivity index (χ3v) is 6.53. The number of carbonyl (C=O) groups excluding carboxylic acids is 1. The van der Waals surface area contributed by atoms with Crippen molar-refractivity contribution in [2.75, 3.05) is 24.5 Å². The third-order valence-electron chi connectivity index (χ3n) is 5.67. The van der Waals surface area contributed by atoms with Crippen LogP contribution >= 0.6 is 11.8 Å². The molecule has 0 bridgehead atoms. The minimum Gasteiger partial charge on any atom is -0.451 e. The van der Waals surface area contributed by atoms with Crippen molar-refractivity contribution in [2.45, 2.75) is 43.6 Å². The van der Waals surface area contributed by atoms with Gasteiger partial charge in [0.05, 0.1) is 23.5 Å². The number of carbonyl (C=O) groups is 1. The monoisotopic (exact) mass is 478 g/mol. The average molecular weight is 479 g/mol. The van der Waals surface area contributed by atoms with E-state index in [4.69, 9.17) is 14.4 Å². The molecule has 1 fully saturated rings. The molecule has 3 aromatic heterocycles. The fraction of sp³-hybridized carbons (Fsp3) is 0.375. The first kappa shape index (κ1) is 22.4. The zero-order valence-electron chi connectivity index (χ0n) is 19.2. The molecule has 0 unspecified atom stereocenters. The fourth-order valence-corrected chi connectivity index (χ4v) is 4.80. The number of anilines is 1. The number of para-hydroxylation sites is 1. The Balaban J connectivity index is 1.35. The number of fused-ring (bicyclic) bond motifs is 2. The number of amides is 1. The highest BCUT2D eigenvalue weighted by Gasteiger charge is 2.21. The minimum absolute atomic E-state index is 0.0108. The molecule has 0 saturated carbocycles. The molecule has 10 heteroatoms. The van der Waals surface area contributed by atoms with E-state index in [9.17, 15) is 9.59 Å². The van der Waals surface area contributed by atoms with Crippen LogP contribution in [0.15, 0.2) is 50.9 Å². The Morgan fingerprint density at radius 2 is 1.97 bits per heavy atom. The smallest absolute Gasteiger partial charge is 0.287 e. The molecule has 4 heterocycles. The van der Waals surface area contributed by atoms with Crippen molar-refractivity contribution in [3.63, 3.8) is 0 Å². The summed E-state index contributed by atoms with van der Waals surface area (Å²) in [6.07, 6.45) is 4.11. The standard InChI is InChI=1S/C24H26N6O3S/c1-15(2)34-24-27-21(29-10-5-6-11-29)17-14-26-30(22(17)28-24)12-9-25-23(32)20-13-18(31)16-7-3-4-8-19(16)33-20/h3-4,7-8,13-15H,5-6,9-12H2,1-2H3,(H,25,32). The van der Waals surface area contributed by atoms with Crippen molar-refractivity contribution >= 4 is 45.5 Å². The molecule has 1 amide bonds. The molecule has 0 radical (unpaired) electrons. The van der Waals surface area contributed by atoms with Gasteiger partial charge in [-0.1, -0.05) is 37.7 Å². The number of hydrogen-bond acceptors (Lipinski definition) is 8. The van der Waals surface area contributed by atoms with E-state index < -0.39 is 5.91 Å². The summed E-state index contributed by atoms with van der Waals surface area (Å²) in [6.45, 7) is 6.93. The Labute approximate surface area is 200 Å².